The number of nitro benzene ring substituents is 2. The van der Waals surface area contributed by atoms with E-state index in [1.54, 1.807) is 84.9 Å². The summed E-state index contributed by atoms with van der Waals surface area (Å²) in [5.41, 5.74) is 19.8. The van der Waals surface area contributed by atoms with Crippen LogP contribution in [0.2, 0.25) is 5.28 Å². The van der Waals surface area contributed by atoms with E-state index in [1.165, 1.54) is 93.1 Å². The van der Waals surface area contributed by atoms with Gasteiger partial charge < -0.3 is 76.2 Å². The number of methoxy groups -OCH3 is 2. The molecule has 0 spiro atoms. The van der Waals surface area contributed by atoms with E-state index in [4.69, 9.17) is 42.0 Å². The first-order chi connectivity index (χ1) is 64.0. The monoisotopic (exact) mass is 2180 g/mol. The first-order valence-electron chi connectivity index (χ1n) is 42.0. The molecule has 5 aliphatic rings. The highest BCUT2D eigenvalue weighted by atomic mass is 35.7. The van der Waals surface area contributed by atoms with Crippen molar-refractivity contribution < 1.29 is 80.5 Å². The maximum Gasteiger partial charge on any atom is 0.269 e. The molecule has 7 aromatic carbocycles. The summed E-state index contributed by atoms with van der Waals surface area (Å²) in [6, 6.07) is 50.7. The zero-order chi connectivity index (χ0) is 100. The number of aromatic nitrogens is 4. The first kappa shape index (κ1) is 127. The van der Waals surface area contributed by atoms with E-state index < -0.39 is 54.1 Å². The second-order valence-electron chi connectivity index (χ2n) is 31.8. The molecule has 142 heavy (non-hydrogen) atoms. The third kappa shape index (κ3) is 40.7. The number of anilines is 11. The summed E-state index contributed by atoms with van der Waals surface area (Å²) in [5.74, 6) is 1.65. The number of non-ortho nitro benzene ring substituents is 2. The van der Waals surface area contributed by atoms with E-state index >= 15 is 0 Å². The predicted octanol–water partition coefficient (Wildman–Crippen LogP) is 12.5. The summed E-state index contributed by atoms with van der Waals surface area (Å²) in [4.78, 5) is 70.1. The molecule has 41 nitrogen and oxygen atoms in total. The number of likely N-dealkylation sites (N-methyl/N-ethyl adjacent to an activating group) is 5. The van der Waals surface area contributed by atoms with Crippen molar-refractivity contribution in [1.82, 2.24) is 42.5 Å². The minimum atomic E-state index is -3.19. The number of rotatable bonds is 28. The number of benzene rings is 7. The first-order valence-corrected chi connectivity index (χ1v) is 52.5. The van der Waals surface area contributed by atoms with Gasteiger partial charge in [0.2, 0.25) is 72.2 Å². The Balaban J connectivity index is 0.000000581. The molecule has 0 aliphatic carbocycles. The smallest absolute Gasteiger partial charge is 0.269 e. The summed E-state index contributed by atoms with van der Waals surface area (Å²) in [6.07, 6.45) is 15.5. The lowest BCUT2D eigenvalue weighted by molar-refractivity contribution is -0.385. The van der Waals surface area contributed by atoms with Crippen LogP contribution >= 0.6 is 76.3 Å². The van der Waals surface area contributed by atoms with E-state index in [0.717, 1.165) is 96.9 Å². The van der Waals surface area contributed by atoms with E-state index in [1.807, 2.05) is 113 Å². The average molecular weight is 2190 g/mol. The second-order valence-corrected chi connectivity index (χ2v) is 43.1. The number of nitrogen functional groups attached to an aromatic ring is 2. The second kappa shape index (κ2) is 58.7. The van der Waals surface area contributed by atoms with Gasteiger partial charge >= 0.3 is 0 Å². The van der Waals surface area contributed by atoms with Gasteiger partial charge in [0.05, 0.1) is 67.7 Å². The van der Waals surface area contributed by atoms with Gasteiger partial charge in [0, 0.05) is 228 Å². The number of hydrogen-bond donors (Lipinski definition) is 6. The van der Waals surface area contributed by atoms with Gasteiger partial charge in [-0.25, -0.2) is 69.3 Å². The number of nitrogens with one attached hydrogen (secondary N) is 4. The number of ether oxygens (including phenoxy) is 4. The van der Waals surface area contributed by atoms with Crippen molar-refractivity contribution in [3.05, 3.63) is 233 Å². The van der Waals surface area contributed by atoms with E-state index in [0.29, 0.717) is 98.7 Å². The van der Waals surface area contributed by atoms with E-state index in [2.05, 4.69) is 84.6 Å². The van der Waals surface area contributed by atoms with Crippen LogP contribution in [0.15, 0.2) is 208 Å². The molecule has 784 valence electrons. The summed E-state index contributed by atoms with van der Waals surface area (Å²) >= 11 is 5.73. The third-order valence-corrected chi connectivity index (χ3v) is 27.3. The molecule has 5 atom stereocenters. The molecule has 8 N–H and O–H groups in total. The quantitative estimate of drug-likeness (QED) is 0.00662. The summed E-state index contributed by atoms with van der Waals surface area (Å²) in [7, 11) is 1.63. The minimum Gasteiger partial charge on any atom is -0.490 e. The molecule has 0 unspecified atom stereocenters. The van der Waals surface area contributed by atoms with Crippen molar-refractivity contribution in [2.45, 2.75) is 77.2 Å². The Morgan fingerprint density at radius 1 is 0.465 bits per heavy atom. The molecule has 9 aromatic rings. The molecular formula is C90H131Cl2N21O20S9. The molecule has 0 radical (unpaired) electrons. The van der Waals surface area contributed by atoms with Crippen LogP contribution in [0.3, 0.4) is 0 Å². The average Bonchev–Trinajstić information content (AvgIpc) is 1.75. The molecule has 5 aliphatic heterocycles. The van der Waals surface area contributed by atoms with Crippen LogP contribution in [-0.2, 0) is 58.7 Å². The number of hydrogen-bond acceptors (Lipinski definition) is 33. The summed E-state index contributed by atoms with van der Waals surface area (Å²) < 4.78 is 139. The Kier molecular flexibility index (Phi) is 52.6. The number of carbonyl (C=O) groups excluding carboxylic acids is 2. The molecular weight excluding hydrogens is 2050 g/mol. The number of sulfonamides is 4. The fraction of sp³-hybridized carbons (Fsp3) is 0.378. The Labute approximate surface area is 870 Å². The fourth-order valence-electron chi connectivity index (χ4n) is 14.3. The molecule has 52 heteroatoms. The molecule has 2 aromatic heterocycles. The fourth-order valence-corrected chi connectivity index (χ4v) is 18.0. The van der Waals surface area contributed by atoms with Gasteiger partial charge in [0.1, 0.15) is 11.5 Å². The Bertz CT molecular complexity index is 6070. The normalized spacial score (nSPS) is 16.4. The van der Waals surface area contributed by atoms with Crippen molar-refractivity contribution in [3.8, 4) is 34.8 Å². The van der Waals surface area contributed by atoms with Gasteiger partial charge in [-0.3, -0.25) is 29.8 Å². The number of carbonyl (C=O) groups is 2. The highest BCUT2D eigenvalue weighted by Gasteiger charge is 2.36. The molecule has 7 heterocycles. The molecule has 2 amide bonds. The summed E-state index contributed by atoms with van der Waals surface area (Å²) in [6.45, 7) is 13.1. The van der Waals surface area contributed by atoms with Crippen molar-refractivity contribution in [2.75, 3.05) is 198 Å². The van der Waals surface area contributed by atoms with Crippen LogP contribution in [0.5, 0.6) is 34.8 Å². The molecule has 5 fully saturated rings. The molecule has 5 saturated heterocycles. The van der Waals surface area contributed by atoms with E-state index in [-0.39, 0.29) is 138 Å². The van der Waals surface area contributed by atoms with Gasteiger partial charge in [-0.15, -0.1) is 0 Å². The molecule has 0 saturated carbocycles. The number of nitrogens with two attached hydrogens (primary N) is 2. The van der Waals surface area contributed by atoms with Gasteiger partial charge in [-0.1, -0.05) is 40.1 Å². The third-order valence-electron chi connectivity index (χ3n) is 22.1. The predicted molar refractivity (Wildman–Crippen MR) is 589 cm³/mol. The van der Waals surface area contributed by atoms with Crippen molar-refractivity contribution in [3.63, 3.8) is 0 Å². The topological polar surface area (TPSA) is 509 Å². The van der Waals surface area contributed by atoms with Crippen LogP contribution in [-0.4, -0.2) is 277 Å². The van der Waals surface area contributed by atoms with Crippen LogP contribution in [0.25, 0.3) is 0 Å². The Hall–Kier alpha value is -11.0. The van der Waals surface area contributed by atoms with Crippen LogP contribution < -0.4 is 76.2 Å². The lowest BCUT2D eigenvalue weighted by atomic mass is 10.2. The Morgan fingerprint density at radius 2 is 0.761 bits per heavy atom. The maximum absolute atomic E-state index is 11.8. The van der Waals surface area contributed by atoms with Crippen molar-refractivity contribution in [1.29, 1.82) is 0 Å². The largest absolute Gasteiger partial charge is 0.490 e. The van der Waals surface area contributed by atoms with E-state index in [9.17, 15) is 71.9 Å². The van der Waals surface area contributed by atoms with Gasteiger partial charge in [-0.05, 0) is 184 Å². The molecule has 14 rings (SSSR count). The highest BCUT2D eigenvalue weighted by Crippen LogP contribution is 2.36. The van der Waals surface area contributed by atoms with Crippen molar-refractivity contribution >= 4 is 211 Å². The van der Waals surface area contributed by atoms with Gasteiger partial charge in [0.25, 0.3) is 23.1 Å². The van der Waals surface area contributed by atoms with Crippen molar-refractivity contribution in [2.24, 2.45) is 0 Å². The van der Waals surface area contributed by atoms with Gasteiger partial charge in [-0.2, -0.15) is 64.0 Å². The number of nitrogens with zero attached hydrogens (tertiary/aromatic N) is 15. The van der Waals surface area contributed by atoms with Crippen LogP contribution in [0.1, 0.15) is 47.0 Å². The zero-order valence-corrected chi connectivity index (χ0v) is 88.8. The lowest BCUT2D eigenvalue weighted by Crippen LogP contribution is -2.36. The maximum atomic E-state index is 11.8. The Morgan fingerprint density at radius 3 is 1.04 bits per heavy atom. The molecule has 0 bridgehead atoms. The lowest BCUT2D eigenvalue weighted by Gasteiger charge is -2.27. The SMILES string of the molecule is C.C.C=CC(=O)Nc1cccc(Oc2nc(Cl)ncc2OC)c1.C=CC(=O)Nc1cccc(Oc2nc(Nc3ccc(N(C)[C@H]4CCN(S(C)(=O)=O)C4)cc3)ncc2OC)c1.CN(c1ccc(N)cc1)[C@H]1CCN(S(C)(=O)=O)C1.CN(c1ccc(N)cc1)[C@H]1CCN(S(C)(=O)=O)C1.CN(c1ccc([N+](=O)[O-])cc1)[C@H]1CCN(S(C)(=O)=O)C1.CN(c1ccc([N+](=O)[O-])cc1)[C@H]1CCNC1.CS(=O)(=O)Cl.S.S.S.S. The van der Waals surface area contributed by atoms with Gasteiger partial charge in [0.15, 0.2) is 11.5 Å². The highest BCUT2D eigenvalue weighted by molar-refractivity contribution is 8.13. The number of amides is 2. The zero-order valence-electron chi connectivity index (χ0n) is 79.2. The number of halogens is 2. The summed E-state index contributed by atoms with van der Waals surface area (Å²) in [5, 5.41) is 32.9. The standard InChI is InChI=1S/C26H30N6O5S.C14H12ClN3O3.C12H17N3O4S.2C12H19N3O2S.C11H15N3O2.CH3ClO2S.2CH4.4H2S/c1-5-24(33)28-19-7-6-8-22(15-19)37-25-23(36-3)16-27-26(30-25)29-18-9-11-20(12-10-18)31(2)21-13-14-32(17-21)38(4,34)35;1-3-12(19)17-9-5-4-6-10(7-9)21-13-11(20-2)8-16-14(15)18-13;1-13(10-3-5-11(6-4-10)15(16)17)12-7-8-14(9-12)20(2,18)19;2*1-14(11-5-3-10(13)4-6-11)12-7-8-15(9-12)18(2,16)17;1-13(11-6-7-12-8-11)9-2-4-10(5-3-9)14(15)16;1-5(2,3)4;;;;;;/h5-12,15-16,21H,1,13-14,17H2,2-4H3,(H,28,33)(H,27,29,30);3-8H,1H2,2H3,(H,17,19);3-6,12H,7-9H2,1-2H3;2*3-6,12H,7-9,13H2,1-2H3;2-5,11-12H,6-8H2,1H3;1H3;2*1H4;4*1H2/t21-;;3*12-;11-;;;;;;;/m0.0000......./s1. The number of nitro groups is 2. The minimum absolute atomic E-state index is 0. The van der Waals surface area contributed by atoms with Crippen LogP contribution in [0.4, 0.5) is 74.2 Å². The van der Waals surface area contributed by atoms with Crippen LogP contribution in [0, 0.1) is 20.2 Å².